The summed E-state index contributed by atoms with van der Waals surface area (Å²) in [5, 5.41) is 19.0. The smallest absolute Gasteiger partial charge is 0.331 e. The molecule has 116 valence electrons. The summed E-state index contributed by atoms with van der Waals surface area (Å²) in [5.74, 6) is -5.09. The molecule has 0 atom stereocenters. The van der Waals surface area contributed by atoms with Gasteiger partial charge in [-0.25, -0.2) is 0 Å². The van der Waals surface area contributed by atoms with E-state index in [0.29, 0.717) is 5.57 Å². The molecule has 0 amide bonds. The number of aliphatic carboxylic acids is 2. The summed E-state index contributed by atoms with van der Waals surface area (Å²) in [6, 6.07) is 9.12. The molecule has 0 saturated heterocycles. The third-order valence-electron chi connectivity index (χ3n) is 3.80. The van der Waals surface area contributed by atoms with Gasteiger partial charge in [-0.3, -0.25) is 9.59 Å². The van der Waals surface area contributed by atoms with Crippen molar-refractivity contribution in [2.75, 3.05) is 14.2 Å². The van der Waals surface area contributed by atoms with Gasteiger partial charge in [0, 0.05) is 14.2 Å². The van der Waals surface area contributed by atoms with Gasteiger partial charge in [0.25, 0.3) is 0 Å². The predicted octanol–water partition coefficient (Wildman–Crippen LogP) is 1.78. The Labute approximate surface area is 127 Å². The summed E-state index contributed by atoms with van der Waals surface area (Å²) >= 11 is 0. The molecule has 6 heteroatoms. The summed E-state index contributed by atoms with van der Waals surface area (Å²) in [5.41, 5.74) is -0.960. The van der Waals surface area contributed by atoms with Crippen LogP contribution in [-0.4, -0.2) is 42.2 Å². The van der Waals surface area contributed by atoms with Crippen LogP contribution in [0.1, 0.15) is 5.56 Å². The molecule has 1 aliphatic rings. The summed E-state index contributed by atoms with van der Waals surface area (Å²) < 4.78 is 10.4. The zero-order valence-electron chi connectivity index (χ0n) is 12.1. The summed E-state index contributed by atoms with van der Waals surface area (Å²) in [4.78, 5) is 23.3. The van der Waals surface area contributed by atoms with Gasteiger partial charge in [0.1, 0.15) is 0 Å². The van der Waals surface area contributed by atoms with Gasteiger partial charge < -0.3 is 19.7 Å². The van der Waals surface area contributed by atoms with Crippen molar-refractivity contribution in [2.45, 2.75) is 5.79 Å². The molecule has 6 nitrogen and oxygen atoms in total. The standard InChI is InChI=1S/C16H16O6/c1-21-16(22-2)10-12(11-6-4-3-5-7-11)8-9-15(16,13(17)18)14(19)20/h3-10H,1-2H3,(H,17,18)(H,19,20). The Kier molecular flexibility index (Phi) is 4.16. The maximum atomic E-state index is 11.7. The Bertz CT molecular complexity index is 626. The SMILES string of the molecule is COC1(OC)C=C(c2ccccc2)C=CC1(C(=O)O)C(=O)O. The van der Waals surface area contributed by atoms with Crippen molar-refractivity contribution in [3.63, 3.8) is 0 Å². The second kappa shape index (κ2) is 5.75. The van der Waals surface area contributed by atoms with E-state index in [0.717, 1.165) is 11.6 Å². The maximum Gasteiger partial charge on any atom is 0.331 e. The fourth-order valence-electron chi connectivity index (χ4n) is 2.56. The van der Waals surface area contributed by atoms with Crippen LogP contribution < -0.4 is 0 Å². The van der Waals surface area contributed by atoms with Gasteiger partial charge in [0.2, 0.25) is 11.2 Å². The van der Waals surface area contributed by atoms with Gasteiger partial charge in [-0.2, -0.15) is 0 Å². The van der Waals surface area contributed by atoms with Gasteiger partial charge >= 0.3 is 11.9 Å². The van der Waals surface area contributed by atoms with E-state index in [1.54, 1.807) is 0 Å². The Morgan fingerprint density at radius 1 is 1.00 bits per heavy atom. The second-order valence-corrected chi connectivity index (χ2v) is 4.79. The first-order chi connectivity index (χ1) is 10.4. The number of rotatable bonds is 5. The van der Waals surface area contributed by atoms with Crippen molar-refractivity contribution in [3.05, 3.63) is 54.1 Å². The van der Waals surface area contributed by atoms with Crippen LogP contribution in [0.25, 0.3) is 5.57 Å². The zero-order valence-corrected chi connectivity index (χ0v) is 12.1. The molecule has 0 saturated carbocycles. The van der Waals surface area contributed by atoms with Crippen molar-refractivity contribution >= 4 is 17.5 Å². The number of methoxy groups -OCH3 is 2. The highest BCUT2D eigenvalue weighted by molar-refractivity contribution is 6.04. The normalized spacial score (nSPS) is 18.5. The Morgan fingerprint density at radius 3 is 2.00 bits per heavy atom. The molecule has 0 radical (unpaired) electrons. The number of carbonyl (C=O) groups is 2. The Balaban J connectivity index is 2.66. The first kappa shape index (κ1) is 15.9. The van der Waals surface area contributed by atoms with Crippen LogP contribution in [0.4, 0.5) is 0 Å². The average molecular weight is 304 g/mol. The van der Waals surface area contributed by atoms with E-state index < -0.39 is 23.1 Å². The van der Waals surface area contributed by atoms with Crippen LogP contribution in [0.15, 0.2) is 48.6 Å². The highest BCUT2D eigenvalue weighted by atomic mass is 16.7. The Hall–Kier alpha value is -2.44. The first-order valence-electron chi connectivity index (χ1n) is 6.48. The highest BCUT2D eigenvalue weighted by Gasteiger charge is 2.63. The van der Waals surface area contributed by atoms with Crippen molar-refractivity contribution < 1.29 is 29.3 Å². The molecule has 2 rings (SSSR count). The van der Waals surface area contributed by atoms with Gasteiger partial charge in [0.15, 0.2) is 0 Å². The number of hydrogen-bond donors (Lipinski definition) is 2. The first-order valence-corrected chi connectivity index (χ1v) is 6.48. The van der Waals surface area contributed by atoms with E-state index in [-0.39, 0.29) is 0 Å². The molecule has 0 unspecified atom stereocenters. The minimum absolute atomic E-state index is 0.613. The van der Waals surface area contributed by atoms with Gasteiger partial charge in [-0.05, 0) is 23.3 Å². The lowest BCUT2D eigenvalue weighted by molar-refractivity contribution is -0.237. The van der Waals surface area contributed by atoms with E-state index >= 15 is 0 Å². The quantitative estimate of drug-likeness (QED) is 0.636. The molecule has 1 aromatic rings. The number of carboxylic acids is 2. The van der Waals surface area contributed by atoms with Crippen molar-refractivity contribution in [1.29, 1.82) is 0 Å². The second-order valence-electron chi connectivity index (χ2n) is 4.79. The molecule has 1 aliphatic carbocycles. The molecular weight excluding hydrogens is 288 g/mol. The van der Waals surface area contributed by atoms with Crippen LogP contribution in [0.5, 0.6) is 0 Å². The van der Waals surface area contributed by atoms with Crippen molar-refractivity contribution in [2.24, 2.45) is 5.41 Å². The lowest BCUT2D eigenvalue weighted by Gasteiger charge is -2.41. The van der Waals surface area contributed by atoms with Crippen LogP contribution in [-0.2, 0) is 19.1 Å². The number of benzene rings is 1. The van der Waals surface area contributed by atoms with E-state index in [1.807, 2.05) is 30.3 Å². The highest BCUT2D eigenvalue weighted by Crippen LogP contribution is 2.44. The maximum absolute atomic E-state index is 11.7. The minimum atomic E-state index is -2.37. The lowest BCUT2D eigenvalue weighted by Crippen LogP contribution is -2.59. The summed E-state index contributed by atoms with van der Waals surface area (Å²) in [6.07, 6.45) is 3.92. The monoisotopic (exact) mass is 304 g/mol. The van der Waals surface area contributed by atoms with E-state index in [4.69, 9.17) is 9.47 Å². The van der Waals surface area contributed by atoms with Gasteiger partial charge in [0.05, 0.1) is 0 Å². The zero-order chi connectivity index (χ0) is 16.4. The van der Waals surface area contributed by atoms with Gasteiger partial charge in [-0.1, -0.05) is 36.4 Å². The molecule has 0 aromatic heterocycles. The average Bonchev–Trinajstić information content (AvgIpc) is 2.54. The minimum Gasteiger partial charge on any atom is -0.480 e. The van der Waals surface area contributed by atoms with Crippen molar-refractivity contribution in [3.8, 4) is 0 Å². The van der Waals surface area contributed by atoms with Crippen LogP contribution in [0.3, 0.4) is 0 Å². The van der Waals surface area contributed by atoms with E-state index in [2.05, 4.69) is 0 Å². The van der Waals surface area contributed by atoms with Gasteiger partial charge in [-0.15, -0.1) is 0 Å². The van der Waals surface area contributed by atoms with Crippen molar-refractivity contribution in [1.82, 2.24) is 0 Å². The molecule has 0 fully saturated rings. The number of carboxylic acid groups (broad SMARTS) is 2. The number of ether oxygens (including phenoxy) is 2. The van der Waals surface area contributed by atoms with E-state index in [1.165, 1.54) is 26.4 Å². The molecule has 0 bridgehead atoms. The molecule has 22 heavy (non-hydrogen) atoms. The fourth-order valence-corrected chi connectivity index (χ4v) is 2.56. The van der Waals surface area contributed by atoms with Crippen LogP contribution in [0.2, 0.25) is 0 Å². The largest absolute Gasteiger partial charge is 0.480 e. The number of hydrogen-bond acceptors (Lipinski definition) is 4. The summed E-state index contributed by atoms with van der Waals surface area (Å²) in [6.45, 7) is 0. The molecule has 2 N–H and O–H groups in total. The predicted molar refractivity (Wildman–Crippen MR) is 78.0 cm³/mol. The van der Waals surface area contributed by atoms with Crippen LogP contribution in [0, 0.1) is 5.41 Å². The molecular formula is C16H16O6. The van der Waals surface area contributed by atoms with Crippen LogP contribution >= 0.6 is 0 Å². The topological polar surface area (TPSA) is 93.1 Å². The molecule has 0 aliphatic heterocycles. The fraction of sp³-hybridized carbons (Fsp3) is 0.250. The third-order valence-corrected chi connectivity index (χ3v) is 3.80. The lowest BCUT2D eigenvalue weighted by atomic mass is 9.73. The Morgan fingerprint density at radius 2 is 1.55 bits per heavy atom. The molecule has 1 aromatic carbocycles. The van der Waals surface area contributed by atoms with E-state index in [9.17, 15) is 19.8 Å². The third kappa shape index (κ3) is 2.13. The molecule has 0 spiro atoms. The molecule has 0 heterocycles. The summed E-state index contributed by atoms with van der Waals surface area (Å²) in [7, 11) is 2.42. The number of allylic oxidation sites excluding steroid dienone is 2.